The Kier molecular flexibility index (Phi) is 11.6. The van der Waals surface area contributed by atoms with Gasteiger partial charge in [0.25, 0.3) is 0 Å². The van der Waals surface area contributed by atoms with Gasteiger partial charge in [-0.3, -0.25) is 14.4 Å². The first-order chi connectivity index (χ1) is 13.9. The predicted octanol–water partition coefficient (Wildman–Crippen LogP) is 2.42. The van der Waals surface area contributed by atoms with Crippen LogP contribution in [0.1, 0.15) is 68.7 Å². The van der Waals surface area contributed by atoms with E-state index in [1.807, 2.05) is 20.8 Å². The van der Waals surface area contributed by atoms with E-state index in [0.29, 0.717) is 0 Å². The van der Waals surface area contributed by atoms with Crippen LogP contribution < -0.4 is 16.0 Å². The van der Waals surface area contributed by atoms with Gasteiger partial charge in [0, 0.05) is 12.2 Å². The fourth-order valence-corrected chi connectivity index (χ4v) is 3.76. The SMILES string of the molecule is CC(C)[C@H](NC(=O)CC(C)(C)C)C(=O)N[C@@H](C)C(=O)N[C@@H](CSCC(C)(C)C)C(=O)O. The quantitative estimate of drug-likeness (QED) is 0.376. The number of carbonyl (C=O) groups is 4. The Labute approximate surface area is 191 Å². The molecule has 0 aliphatic rings. The normalized spacial score (nSPS) is 15.0. The maximum atomic E-state index is 12.7. The second-order valence-corrected chi connectivity index (χ2v) is 11.8. The van der Waals surface area contributed by atoms with Crippen molar-refractivity contribution in [1.29, 1.82) is 0 Å². The molecule has 0 unspecified atom stereocenters. The van der Waals surface area contributed by atoms with Gasteiger partial charge in [0.15, 0.2) is 0 Å². The van der Waals surface area contributed by atoms with E-state index >= 15 is 0 Å². The van der Waals surface area contributed by atoms with Crippen molar-refractivity contribution in [3.63, 3.8) is 0 Å². The van der Waals surface area contributed by atoms with Crippen molar-refractivity contribution >= 4 is 35.5 Å². The van der Waals surface area contributed by atoms with Gasteiger partial charge in [-0.1, -0.05) is 55.4 Å². The van der Waals surface area contributed by atoms with E-state index in [1.54, 1.807) is 13.8 Å². The van der Waals surface area contributed by atoms with Crippen LogP contribution in [-0.2, 0) is 19.2 Å². The molecule has 9 heteroatoms. The predicted molar refractivity (Wildman–Crippen MR) is 125 cm³/mol. The summed E-state index contributed by atoms with van der Waals surface area (Å²) in [6.07, 6.45) is 0.270. The first kappa shape index (κ1) is 29.2. The molecule has 0 radical (unpaired) electrons. The molecule has 3 amide bonds. The lowest BCUT2D eigenvalue weighted by molar-refractivity contribution is -0.141. The molecule has 0 spiro atoms. The molecule has 0 saturated carbocycles. The number of thioether (sulfide) groups is 1. The number of rotatable bonds is 11. The summed E-state index contributed by atoms with van der Waals surface area (Å²) in [5.74, 6) is -1.61. The van der Waals surface area contributed by atoms with Gasteiger partial charge in [-0.2, -0.15) is 11.8 Å². The average Bonchev–Trinajstić information content (AvgIpc) is 2.55. The highest BCUT2D eigenvalue weighted by Crippen LogP contribution is 2.21. The topological polar surface area (TPSA) is 125 Å². The Morgan fingerprint density at radius 2 is 1.39 bits per heavy atom. The molecule has 0 aliphatic heterocycles. The number of nitrogens with one attached hydrogen (secondary N) is 3. The van der Waals surface area contributed by atoms with Gasteiger partial charge >= 0.3 is 5.97 Å². The molecule has 4 N–H and O–H groups in total. The molecular formula is C22H41N3O5S. The summed E-state index contributed by atoms with van der Waals surface area (Å²) in [6, 6.07) is -2.78. The fourth-order valence-electron chi connectivity index (χ4n) is 2.56. The van der Waals surface area contributed by atoms with Crippen molar-refractivity contribution in [2.75, 3.05) is 11.5 Å². The molecule has 0 saturated heterocycles. The minimum absolute atomic E-state index is 0.0439. The molecule has 0 aromatic heterocycles. The number of carboxylic acid groups (broad SMARTS) is 1. The first-order valence-electron chi connectivity index (χ1n) is 10.6. The van der Waals surface area contributed by atoms with Crippen LogP contribution in [0.4, 0.5) is 0 Å². The molecule has 3 atom stereocenters. The number of aliphatic carboxylic acids is 1. The molecule has 180 valence electrons. The summed E-state index contributed by atoms with van der Waals surface area (Å²) < 4.78 is 0. The Morgan fingerprint density at radius 1 is 0.839 bits per heavy atom. The van der Waals surface area contributed by atoms with Crippen molar-refractivity contribution in [1.82, 2.24) is 16.0 Å². The van der Waals surface area contributed by atoms with Crippen LogP contribution in [0.2, 0.25) is 0 Å². The molecule has 0 bridgehead atoms. The first-order valence-corrected chi connectivity index (χ1v) is 11.8. The largest absolute Gasteiger partial charge is 0.480 e. The highest BCUT2D eigenvalue weighted by atomic mass is 32.2. The molecule has 31 heavy (non-hydrogen) atoms. The number of hydrogen-bond acceptors (Lipinski definition) is 5. The zero-order chi connectivity index (χ0) is 24.6. The van der Waals surface area contributed by atoms with Crippen LogP contribution in [0.5, 0.6) is 0 Å². The van der Waals surface area contributed by atoms with E-state index in [9.17, 15) is 24.3 Å². The zero-order valence-corrected chi connectivity index (χ0v) is 21.2. The summed E-state index contributed by atoms with van der Waals surface area (Å²) in [7, 11) is 0. The molecule has 0 aromatic rings. The molecule has 0 aromatic carbocycles. The Morgan fingerprint density at radius 3 is 1.81 bits per heavy atom. The number of carbonyl (C=O) groups excluding carboxylic acids is 3. The van der Waals surface area contributed by atoms with Gasteiger partial charge in [-0.15, -0.1) is 0 Å². The van der Waals surface area contributed by atoms with Crippen molar-refractivity contribution in [3.8, 4) is 0 Å². The lowest BCUT2D eigenvalue weighted by atomic mass is 9.91. The Bertz CT molecular complexity index is 638. The minimum Gasteiger partial charge on any atom is -0.480 e. The second-order valence-electron chi connectivity index (χ2n) is 10.7. The smallest absolute Gasteiger partial charge is 0.327 e. The number of carboxylic acids is 1. The molecule has 0 heterocycles. The van der Waals surface area contributed by atoms with Crippen LogP contribution in [0.25, 0.3) is 0 Å². The van der Waals surface area contributed by atoms with E-state index in [1.165, 1.54) is 18.7 Å². The van der Waals surface area contributed by atoms with Gasteiger partial charge in [0.05, 0.1) is 0 Å². The minimum atomic E-state index is -1.12. The second kappa shape index (κ2) is 12.3. The fraction of sp³-hybridized carbons (Fsp3) is 0.818. The number of hydrogen-bond donors (Lipinski definition) is 4. The van der Waals surface area contributed by atoms with E-state index in [0.717, 1.165) is 5.75 Å². The van der Waals surface area contributed by atoms with Crippen LogP contribution in [-0.4, -0.2) is 58.4 Å². The lowest BCUT2D eigenvalue weighted by Gasteiger charge is -2.26. The molecule has 0 aliphatic carbocycles. The molecule has 0 fully saturated rings. The van der Waals surface area contributed by atoms with Crippen LogP contribution in [0.3, 0.4) is 0 Å². The Balaban J connectivity index is 4.92. The maximum absolute atomic E-state index is 12.7. The summed E-state index contributed by atoms with van der Waals surface area (Å²) in [6.45, 7) is 17.1. The monoisotopic (exact) mass is 459 g/mol. The van der Waals surface area contributed by atoms with Crippen molar-refractivity contribution in [2.45, 2.75) is 86.9 Å². The number of amides is 3. The van der Waals surface area contributed by atoms with Gasteiger partial charge < -0.3 is 21.1 Å². The van der Waals surface area contributed by atoms with Crippen LogP contribution >= 0.6 is 11.8 Å². The third kappa shape index (κ3) is 13.3. The average molecular weight is 460 g/mol. The summed E-state index contributed by atoms with van der Waals surface area (Å²) >= 11 is 1.45. The van der Waals surface area contributed by atoms with E-state index in [4.69, 9.17) is 0 Å². The van der Waals surface area contributed by atoms with Crippen molar-refractivity contribution in [2.24, 2.45) is 16.7 Å². The van der Waals surface area contributed by atoms with Gasteiger partial charge in [0.1, 0.15) is 18.1 Å². The van der Waals surface area contributed by atoms with Gasteiger partial charge in [0.2, 0.25) is 17.7 Å². The summed E-state index contributed by atoms with van der Waals surface area (Å²) in [4.78, 5) is 48.9. The van der Waals surface area contributed by atoms with Crippen molar-refractivity contribution < 1.29 is 24.3 Å². The molecule has 0 rings (SSSR count). The zero-order valence-electron chi connectivity index (χ0n) is 20.4. The highest BCUT2D eigenvalue weighted by molar-refractivity contribution is 7.99. The van der Waals surface area contributed by atoms with E-state index in [2.05, 4.69) is 36.7 Å². The summed E-state index contributed by atoms with van der Waals surface area (Å²) in [5.41, 5.74) is -0.172. The highest BCUT2D eigenvalue weighted by Gasteiger charge is 2.29. The van der Waals surface area contributed by atoms with E-state index < -0.39 is 35.9 Å². The van der Waals surface area contributed by atoms with Crippen molar-refractivity contribution in [3.05, 3.63) is 0 Å². The molecular weight excluding hydrogens is 418 g/mol. The standard InChI is InChI=1S/C22H41N3O5S/c1-13(2)17(25-16(26)10-21(4,5)6)19(28)23-14(3)18(27)24-15(20(29)30)11-31-12-22(7,8)9/h13-15,17H,10-12H2,1-9H3,(H,23,28)(H,24,27)(H,25,26)(H,29,30)/t14-,15-,17-/m0/s1. The van der Waals surface area contributed by atoms with Crippen LogP contribution in [0.15, 0.2) is 0 Å². The third-order valence-corrected chi connectivity index (χ3v) is 5.78. The maximum Gasteiger partial charge on any atom is 0.327 e. The van der Waals surface area contributed by atoms with Gasteiger partial charge in [-0.05, 0) is 29.4 Å². The summed E-state index contributed by atoms with van der Waals surface area (Å²) in [5, 5.41) is 17.2. The van der Waals surface area contributed by atoms with Gasteiger partial charge in [-0.25, -0.2) is 4.79 Å². The van der Waals surface area contributed by atoms with E-state index in [-0.39, 0.29) is 34.8 Å². The lowest BCUT2D eigenvalue weighted by Crippen LogP contribution is -2.56. The molecule has 8 nitrogen and oxygen atoms in total. The van der Waals surface area contributed by atoms with Crippen LogP contribution in [0, 0.1) is 16.7 Å². The third-order valence-electron chi connectivity index (χ3n) is 4.14. The Hall–Kier alpha value is -1.77.